The van der Waals surface area contributed by atoms with Crippen molar-refractivity contribution in [3.05, 3.63) is 16.6 Å². The van der Waals surface area contributed by atoms with Gasteiger partial charge in [0.15, 0.2) is 11.5 Å². The number of rotatable bonds is 5. The molecule has 5 heteroatoms. The van der Waals surface area contributed by atoms with Crippen LogP contribution in [0.25, 0.3) is 0 Å². The van der Waals surface area contributed by atoms with Crippen molar-refractivity contribution in [1.82, 2.24) is 0 Å². The van der Waals surface area contributed by atoms with Crippen LogP contribution in [0, 0.1) is 16.7 Å². The first-order chi connectivity index (χ1) is 9.52. The third-order valence-corrected chi connectivity index (χ3v) is 3.96. The van der Waals surface area contributed by atoms with Crippen LogP contribution in [0.3, 0.4) is 0 Å². The molecule has 2 rings (SSSR count). The number of anilines is 1. The van der Waals surface area contributed by atoms with Crippen molar-refractivity contribution in [3.8, 4) is 17.6 Å². The highest BCUT2D eigenvalue weighted by Crippen LogP contribution is 2.38. The molecule has 1 aliphatic rings. The summed E-state index contributed by atoms with van der Waals surface area (Å²) in [5.41, 5.74) is 1.06. The number of fused-ring (bicyclic) bond motifs is 1. The number of nitrogens with zero attached hydrogens (tertiary/aromatic N) is 1. The van der Waals surface area contributed by atoms with Gasteiger partial charge in [-0.1, -0.05) is 13.8 Å². The number of halogens is 1. The summed E-state index contributed by atoms with van der Waals surface area (Å²) in [7, 11) is 0. The topological polar surface area (TPSA) is 54.3 Å². The molecule has 0 saturated carbocycles. The fraction of sp³-hybridized carbons (Fsp3) is 0.533. The second kappa shape index (κ2) is 6.36. The monoisotopic (exact) mass is 338 g/mol. The van der Waals surface area contributed by atoms with Crippen molar-refractivity contribution in [3.63, 3.8) is 0 Å². The Morgan fingerprint density at radius 1 is 1.30 bits per heavy atom. The molecule has 20 heavy (non-hydrogen) atoms. The summed E-state index contributed by atoms with van der Waals surface area (Å²) in [6.45, 7) is 6.29. The summed E-state index contributed by atoms with van der Waals surface area (Å²) in [5, 5.41) is 12.1. The van der Waals surface area contributed by atoms with E-state index >= 15 is 0 Å². The fourth-order valence-corrected chi connectivity index (χ4v) is 2.48. The van der Waals surface area contributed by atoms with Crippen LogP contribution in [0.1, 0.15) is 26.7 Å². The number of nitrogens with one attached hydrogen (secondary N) is 1. The Kier molecular flexibility index (Phi) is 4.77. The molecule has 0 bridgehead atoms. The average molecular weight is 339 g/mol. The van der Waals surface area contributed by atoms with E-state index in [0.717, 1.165) is 34.6 Å². The molecule has 1 N–H and O–H groups in total. The van der Waals surface area contributed by atoms with Crippen LogP contribution < -0.4 is 14.8 Å². The lowest BCUT2D eigenvalue weighted by Gasteiger charge is -2.26. The molecular formula is C15H19BrN2O2. The Bertz CT molecular complexity index is 523. The van der Waals surface area contributed by atoms with E-state index in [9.17, 15) is 0 Å². The summed E-state index contributed by atoms with van der Waals surface area (Å²) in [5.74, 6) is 1.55. The van der Waals surface area contributed by atoms with Crippen LogP contribution >= 0.6 is 15.9 Å². The summed E-state index contributed by atoms with van der Waals surface area (Å²) in [6.07, 6.45) is 1.45. The molecule has 1 aromatic rings. The molecule has 108 valence electrons. The van der Waals surface area contributed by atoms with Crippen LogP contribution in [0.2, 0.25) is 0 Å². The maximum Gasteiger partial charge on any atom is 0.163 e. The zero-order chi connectivity index (χ0) is 14.6. The highest BCUT2D eigenvalue weighted by Gasteiger charge is 2.19. The fourth-order valence-electron chi connectivity index (χ4n) is 2.02. The van der Waals surface area contributed by atoms with E-state index in [1.807, 2.05) is 12.1 Å². The van der Waals surface area contributed by atoms with Gasteiger partial charge in [-0.05, 0) is 27.8 Å². The molecule has 0 spiro atoms. The quantitative estimate of drug-likeness (QED) is 0.882. The molecule has 1 aromatic carbocycles. The van der Waals surface area contributed by atoms with Gasteiger partial charge in [0.2, 0.25) is 0 Å². The van der Waals surface area contributed by atoms with E-state index in [1.165, 1.54) is 0 Å². The lowest BCUT2D eigenvalue weighted by Crippen LogP contribution is -2.23. The third kappa shape index (κ3) is 3.80. The maximum absolute atomic E-state index is 8.68. The van der Waals surface area contributed by atoms with Crippen molar-refractivity contribution < 1.29 is 9.47 Å². The van der Waals surface area contributed by atoms with E-state index in [-0.39, 0.29) is 5.41 Å². The second-order valence-corrected chi connectivity index (χ2v) is 6.51. The first-order valence-electron chi connectivity index (χ1n) is 6.72. The molecule has 0 amide bonds. The van der Waals surface area contributed by atoms with E-state index in [4.69, 9.17) is 14.7 Å². The van der Waals surface area contributed by atoms with E-state index in [1.54, 1.807) is 0 Å². The zero-order valence-electron chi connectivity index (χ0n) is 11.8. The van der Waals surface area contributed by atoms with Crippen molar-refractivity contribution in [2.75, 3.05) is 25.1 Å². The van der Waals surface area contributed by atoms with Gasteiger partial charge in [-0.3, -0.25) is 0 Å². The van der Waals surface area contributed by atoms with E-state index in [0.29, 0.717) is 19.6 Å². The Labute approximate surface area is 128 Å². The molecule has 0 radical (unpaired) electrons. The van der Waals surface area contributed by atoms with Gasteiger partial charge in [0.25, 0.3) is 0 Å². The van der Waals surface area contributed by atoms with Crippen LogP contribution in [0.15, 0.2) is 16.6 Å². The first kappa shape index (κ1) is 15.0. The highest BCUT2D eigenvalue weighted by atomic mass is 79.9. The van der Waals surface area contributed by atoms with Gasteiger partial charge in [-0.15, -0.1) is 0 Å². The van der Waals surface area contributed by atoms with Crippen LogP contribution in [-0.4, -0.2) is 19.8 Å². The minimum Gasteiger partial charge on any atom is -0.486 e. The Hall–Kier alpha value is -1.41. The SMILES string of the molecule is CC(C)(CCC#N)CNc1cc2c(cc1Br)OCCO2. The minimum atomic E-state index is 0.0719. The van der Waals surface area contributed by atoms with Crippen molar-refractivity contribution in [2.45, 2.75) is 26.7 Å². The Morgan fingerprint density at radius 3 is 2.60 bits per heavy atom. The number of benzene rings is 1. The molecule has 0 atom stereocenters. The minimum absolute atomic E-state index is 0.0719. The summed E-state index contributed by atoms with van der Waals surface area (Å²) >= 11 is 3.55. The second-order valence-electron chi connectivity index (χ2n) is 5.65. The zero-order valence-corrected chi connectivity index (χ0v) is 13.4. The Morgan fingerprint density at radius 2 is 1.95 bits per heavy atom. The number of hydrogen-bond acceptors (Lipinski definition) is 4. The number of nitriles is 1. The predicted molar refractivity (Wildman–Crippen MR) is 82.2 cm³/mol. The number of ether oxygens (including phenoxy) is 2. The van der Waals surface area contributed by atoms with Gasteiger partial charge in [-0.25, -0.2) is 0 Å². The molecule has 0 aromatic heterocycles. The van der Waals surface area contributed by atoms with Gasteiger partial charge in [0.05, 0.1) is 11.8 Å². The molecule has 0 fully saturated rings. The van der Waals surface area contributed by atoms with Gasteiger partial charge >= 0.3 is 0 Å². The van der Waals surface area contributed by atoms with E-state index < -0.39 is 0 Å². The van der Waals surface area contributed by atoms with Crippen LogP contribution in [0.5, 0.6) is 11.5 Å². The predicted octanol–water partition coefficient (Wildman–Crippen LogP) is 3.96. The summed E-state index contributed by atoms with van der Waals surface area (Å²) in [6, 6.07) is 6.09. The third-order valence-electron chi connectivity index (χ3n) is 3.30. The molecular weight excluding hydrogens is 320 g/mol. The van der Waals surface area contributed by atoms with Gasteiger partial charge in [-0.2, -0.15) is 5.26 Å². The van der Waals surface area contributed by atoms with Gasteiger partial charge in [0, 0.05) is 29.6 Å². The van der Waals surface area contributed by atoms with Gasteiger partial charge < -0.3 is 14.8 Å². The average Bonchev–Trinajstić information content (AvgIpc) is 2.43. The molecule has 0 unspecified atom stereocenters. The lowest BCUT2D eigenvalue weighted by molar-refractivity contribution is 0.171. The normalized spacial score (nSPS) is 13.7. The number of hydrogen-bond donors (Lipinski definition) is 1. The summed E-state index contributed by atoms with van der Waals surface area (Å²) in [4.78, 5) is 0. The smallest absolute Gasteiger partial charge is 0.163 e. The van der Waals surface area contributed by atoms with Crippen molar-refractivity contribution >= 4 is 21.6 Å². The molecule has 0 saturated heterocycles. The molecule has 1 aliphatic heterocycles. The Balaban J connectivity index is 2.04. The highest BCUT2D eigenvalue weighted by molar-refractivity contribution is 9.10. The standard InChI is InChI=1S/C15H19BrN2O2/c1-15(2,4-3-5-17)10-18-12-9-14-13(8-11(12)16)19-6-7-20-14/h8-9,18H,3-4,6-7,10H2,1-2H3. The molecule has 1 heterocycles. The molecule has 0 aliphatic carbocycles. The first-order valence-corrected chi connectivity index (χ1v) is 7.51. The summed E-state index contributed by atoms with van der Waals surface area (Å²) < 4.78 is 12.1. The van der Waals surface area contributed by atoms with Crippen molar-refractivity contribution in [2.24, 2.45) is 5.41 Å². The van der Waals surface area contributed by atoms with Crippen molar-refractivity contribution in [1.29, 1.82) is 5.26 Å². The van der Waals surface area contributed by atoms with Crippen LogP contribution in [-0.2, 0) is 0 Å². The largest absolute Gasteiger partial charge is 0.486 e. The van der Waals surface area contributed by atoms with Crippen LogP contribution in [0.4, 0.5) is 5.69 Å². The lowest BCUT2D eigenvalue weighted by atomic mass is 9.88. The van der Waals surface area contributed by atoms with E-state index in [2.05, 4.69) is 41.2 Å². The maximum atomic E-state index is 8.68. The van der Waals surface area contributed by atoms with Gasteiger partial charge in [0.1, 0.15) is 13.2 Å². The molecule has 4 nitrogen and oxygen atoms in total.